The molecule has 7 heteroatoms. The highest BCUT2D eigenvalue weighted by molar-refractivity contribution is 5.09. The molecule has 0 aromatic rings. The molecule has 0 radical (unpaired) electrons. The Morgan fingerprint density at radius 3 is 1.44 bits per heavy atom. The van der Waals surface area contributed by atoms with Gasteiger partial charge < -0.3 is 33.5 Å². The van der Waals surface area contributed by atoms with Crippen molar-refractivity contribution < 1.29 is 33.5 Å². The van der Waals surface area contributed by atoms with Gasteiger partial charge in [0, 0.05) is 16.2 Å². The molecule has 4 bridgehead atoms. The van der Waals surface area contributed by atoms with Gasteiger partial charge in [0.25, 0.3) is 0 Å². The van der Waals surface area contributed by atoms with E-state index in [1.165, 1.54) is 0 Å². The summed E-state index contributed by atoms with van der Waals surface area (Å²) in [6.07, 6.45) is 12.8. The maximum Gasteiger partial charge on any atom is 0.0635 e. The fourth-order valence-corrected chi connectivity index (χ4v) is 10.4. The second kappa shape index (κ2) is 12.6. The van der Waals surface area contributed by atoms with Crippen LogP contribution in [0.15, 0.2) is 0 Å². The second-order valence-electron chi connectivity index (χ2n) is 18.4. The Kier molecular flexibility index (Phi) is 9.65. The van der Waals surface area contributed by atoms with Crippen molar-refractivity contribution in [1.82, 2.24) is 0 Å². The fraction of sp³-hybridized carbons (Fsp3) is 1.00. The molecule has 0 spiro atoms. The van der Waals surface area contributed by atoms with Crippen molar-refractivity contribution in [3.63, 3.8) is 0 Å². The lowest BCUT2D eigenvalue weighted by Crippen LogP contribution is -2.48. The Morgan fingerprint density at radius 2 is 1.04 bits per heavy atom. The van der Waals surface area contributed by atoms with Crippen LogP contribution in [0.2, 0.25) is 0 Å². The van der Waals surface area contributed by atoms with Gasteiger partial charge in [0.05, 0.1) is 83.9 Å². The van der Waals surface area contributed by atoms with Crippen LogP contribution in [-0.2, 0) is 28.4 Å². The fourth-order valence-electron chi connectivity index (χ4n) is 10.4. The average molecular weight is 635 g/mol. The first kappa shape index (κ1) is 34.6. The molecule has 2 aliphatic heterocycles. The van der Waals surface area contributed by atoms with E-state index in [4.69, 9.17) is 28.4 Å². The van der Waals surface area contributed by atoms with Crippen LogP contribution >= 0.6 is 0 Å². The molecule has 2 heterocycles. The van der Waals surface area contributed by atoms with Gasteiger partial charge in [0.1, 0.15) is 0 Å². The Morgan fingerprint density at radius 1 is 0.622 bits per heavy atom. The second-order valence-corrected chi connectivity index (χ2v) is 18.4. The molecule has 7 nitrogen and oxygen atoms in total. The van der Waals surface area contributed by atoms with Crippen LogP contribution in [0, 0.1) is 37.9 Å². The van der Waals surface area contributed by atoms with Crippen LogP contribution in [0.4, 0.5) is 0 Å². The van der Waals surface area contributed by atoms with E-state index in [1.54, 1.807) is 0 Å². The molecule has 45 heavy (non-hydrogen) atoms. The zero-order valence-electron chi connectivity index (χ0n) is 29.8. The maximum atomic E-state index is 10.8. The summed E-state index contributed by atoms with van der Waals surface area (Å²) >= 11 is 0. The van der Waals surface area contributed by atoms with Crippen molar-refractivity contribution in [1.29, 1.82) is 0 Å². The molecule has 1 N–H and O–H groups in total. The third-order valence-corrected chi connectivity index (χ3v) is 14.6. The minimum atomic E-state index is -0.384. The lowest BCUT2D eigenvalue weighted by atomic mass is 9.68. The number of aliphatic hydroxyl groups excluding tert-OH is 1. The number of rotatable bonds is 16. The number of ether oxygens (including phenoxy) is 6. The number of hydrogen-bond donors (Lipinski definition) is 1. The van der Waals surface area contributed by atoms with Crippen molar-refractivity contribution in [3.8, 4) is 0 Å². The highest BCUT2D eigenvalue weighted by Gasteiger charge is 2.60. The Hall–Kier alpha value is -0.280. The summed E-state index contributed by atoms with van der Waals surface area (Å²) in [6.45, 7) is 22.6. The van der Waals surface area contributed by atoms with E-state index in [0.717, 1.165) is 110 Å². The third-order valence-electron chi connectivity index (χ3n) is 14.6. The van der Waals surface area contributed by atoms with E-state index in [2.05, 4.69) is 48.5 Å². The topological polar surface area (TPSA) is 75.6 Å². The summed E-state index contributed by atoms with van der Waals surface area (Å²) in [5, 5.41) is 10.8. The van der Waals surface area contributed by atoms with E-state index in [0.29, 0.717) is 13.2 Å². The van der Waals surface area contributed by atoms with Gasteiger partial charge >= 0.3 is 0 Å². The Labute approximate surface area is 274 Å². The minimum Gasteiger partial charge on any atom is -0.396 e. The quantitative estimate of drug-likeness (QED) is 0.197. The van der Waals surface area contributed by atoms with Crippen LogP contribution < -0.4 is 0 Å². The van der Waals surface area contributed by atoms with Crippen LogP contribution in [0.1, 0.15) is 119 Å². The minimum absolute atomic E-state index is 0.0885. The highest BCUT2D eigenvalue weighted by atomic mass is 16.5. The number of fused-ring (bicyclic) bond motifs is 4. The van der Waals surface area contributed by atoms with E-state index >= 15 is 0 Å². The molecule has 0 aromatic heterocycles. The lowest BCUT2D eigenvalue weighted by Gasteiger charge is -2.46. The van der Waals surface area contributed by atoms with Gasteiger partial charge in [-0.05, 0) is 92.3 Å². The van der Waals surface area contributed by atoms with Gasteiger partial charge in [0.2, 0.25) is 0 Å². The molecule has 4 saturated carbocycles. The molecule has 0 aromatic carbocycles. The van der Waals surface area contributed by atoms with Gasteiger partial charge in [-0.1, -0.05) is 48.5 Å². The summed E-state index contributed by atoms with van der Waals surface area (Å²) < 4.78 is 38.3. The molecule has 2 saturated heterocycles. The third kappa shape index (κ3) is 6.32. The summed E-state index contributed by atoms with van der Waals surface area (Å²) in [5.41, 5.74) is 0.664. The van der Waals surface area contributed by atoms with Crippen LogP contribution in [0.3, 0.4) is 0 Å². The smallest absolute Gasteiger partial charge is 0.0635 e. The average Bonchev–Trinajstić information content (AvgIpc) is 3.32. The molecule has 4 aliphatic carbocycles. The van der Waals surface area contributed by atoms with Crippen LogP contribution in [0.5, 0.6) is 0 Å². The molecule has 6 aliphatic rings. The van der Waals surface area contributed by atoms with Crippen molar-refractivity contribution in [2.45, 2.75) is 144 Å². The molecule has 6 fully saturated rings. The molecule has 0 amide bonds. The van der Waals surface area contributed by atoms with E-state index in [9.17, 15) is 5.11 Å². The first-order valence-electron chi connectivity index (χ1n) is 18.5. The highest BCUT2D eigenvalue weighted by Crippen LogP contribution is 2.62. The first-order valence-corrected chi connectivity index (χ1v) is 18.5. The number of aliphatic hydroxyl groups is 1. The zero-order valence-corrected chi connectivity index (χ0v) is 29.8. The Bertz CT molecular complexity index is 1010. The van der Waals surface area contributed by atoms with Crippen molar-refractivity contribution >= 4 is 0 Å². The van der Waals surface area contributed by atoms with Crippen molar-refractivity contribution in [2.75, 3.05) is 59.5 Å². The zero-order chi connectivity index (χ0) is 32.2. The van der Waals surface area contributed by atoms with Crippen molar-refractivity contribution in [3.05, 3.63) is 0 Å². The predicted molar refractivity (Wildman–Crippen MR) is 175 cm³/mol. The van der Waals surface area contributed by atoms with E-state index in [-0.39, 0.29) is 68.9 Å². The molecule has 9 atom stereocenters. The predicted octanol–water partition coefficient (Wildman–Crippen LogP) is 6.97. The SMILES string of the molecule is CCC1(COC2CC3(C)CC2(C)CCC3OCC(CC)(CO)COC2CC3(C)CC2(C)CCC3OCC2(CC)COC2)COC1. The molecular weight excluding hydrogens is 568 g/mol. The first-order chi connectivity index (χ1) is 21.3. The number of hydrogen-bond acceptors (Lipinski definition) is 7. The largest absolute Gasteiger partial charge is 0.396 e. The Balaban J connectivity index is 1.03. The summed E-state index contributed by atoms with van der Waals surface area (Å²) in [6, 6.07) is 0. The monoisotopic (exact) mass is 634 g/mol. The standard InChI is InChI=1S/C38H66O7/c1-8-36(19-39,24-42-28-11-13-33(5)18-34(28,6)16-31(33)45-27-38(10-3)22-41-23-38)25-44-30-15-35(7)17-32(30,4)14-12-29(35)43-26-37(9-2)20-40-21-37/h28-31,39H,8-27H2,1-7H3. The van der Waals surface area contributed by atoms with E-state index in [1.807, 2.05) is 0 Å². The molecule has 9 unspecified atom stereocenters. The van der Waals surface area contributed by atoms with E-state index < -0.39 is 0 Å². The van der Waals surface area contributed by atoms with Gasteiger partial charge in [-0.25, -0.2) is 0 Å². The molecule has 6 rings (SSSR count). The summed E-state index contributed by atoms with van der Waals surface area (Å²) in [4.78, 5) is 0. The maximum absolute atomic E-state index is 10.8. The van der Waals surface area contributed by atoms with Gasteiger partial charge in [-0.15, -0.1) is 0 Å². The van der Waals surface area contributed by atoms with Gasteiger partial charge in [-0.3, -0.25) is 0 Å². The molecule has 260 valence electrons. The van der Waals surface area contributed by atoms with Crippen molar-refractivity contribution in [2.24, 2.45) is 37.9 Å². The van der Waals surface area contributed by atoms with Crippen LogP contribution in [0.25, 0.3) is 0 Å². The van der Waals surface area contributed by atoms with Crippen LogP contribution in [-0.4, -0.2) is 89.0 Å². The lowest BCUT2D eigenvalue weighted by molar-refractivity contribution is -0.178. The normalized spacial score (nSPS) is 44.3. The molecular formula is C38H66O7. The summed E-state index contributed by atoms with van der Waals surface area (Å²) in [7, 11) is 0. The van der Waals surface area contributed by atoms with Gasteiger partial charge in [0.15, 0.2) is 0 Å². The van der Waals surface area contributed by atoms with Gasteiger partial charge in [-0.2, -0.15) is 0 Å². The summed E-state index contributed by atoms with van der Waals surface area (Å²) in [5.74, 6) is 0.